The Morgan fingerprint density at radius 3 is 2.59 bits per heavy atom. The van der Waals surface area contributed by atoms with E-state index in [0.29, 0.717) is 0 Å². The third-order valence-electron chi connectivity index (χ3n) is 1.66. The highest BCUT2D eigenvalue weighted by molar-refractivity contribution is 5.93. The topological polar surface area (TPSA) is 47.6 Å². The first-order chi connectivity index (χ1) is 7.92. The molecule has 1 aromatic carbocycles. The average molecular weight is 249 g/mol. The summed E-state index contributed by atoms with van der Waals surface area (Å²) in [5.41, 5.74) is -0.0631. The highest BCUT2D eigenvalue weighted by atomic mass is 19.4. The Morgan fingerprint density at radius 2 is 2.00 bits per heavy atom. The van der Waals surface area contributed by atoms with Gasteiger partial charge in [0.25, 0.3) is 0 Å². The van der Waals surface area contributed by atoms with Crippen molar-refractivity contribution in [2.75, 3.05) is 19.0 Å². The summed E-state index contributed by atoms with van der Waals surface area (Å²) in [4.78, 5) is 11.2. The molecule has 17 heavy (non-hydrogen) atoms. The lowest BCUT2D eigenvalue weighted by Gasteiger charge is -2.13. The molecule has 1 rings (SSSR count). The van der Waals surface area contributed by atoms with Gasteiger partial charge in [-0.3, -0.25) is 4.79 Å². The average Bonchev–Trinajstić information content (AvgIpc) is 2.19. The normalized spacial score (nSPS) is 11.1. The van der Waals surface area contributed by atoms with E-state index in [-0.39, 0.29) is 12.3 Å². The van der Waals surface area contributed by atoms with E-state index in [4.69, 9.17) is 0 Å². The first-order valence-corrected chi connectivity index (χ1v) is 4.56. The lowest BCUT2D eigenvalue weighted by molar-refractivity contribution is -0.274. The van der Waals surface area contributed by atoms with Crippen molar-refractivity contribution in [1.82, 2.24) is 0 Å². The molecule has 0 spiro atoms. The van der Waals surface area contributed by atoms with Crippen molar-refractivity contribution in [2.45, 2.75) is 6.36 Å². The molecule has 1 aromatic rings. The van der Waals surface area contributed by atoms with Gasteiger partial charge in [-0.05, 0) is 12.1 Å². The second-order valence-electron chi connectivity index (χ2n) is 3.03. The predicted molar refractivity (Wildman–Crippen MR) is 53.6 cm³/mol. The Balaban J connectivity index is 2.81. The monoisotopic (exact) mass is 249 g/mol. The number of hydrogen-bond donors (Lipinski definition) is 1. The van der Waals surface area contributed by atoms with Crippen molar-refractivity contribution in [2.24, 2.45) is 0 Å². The third-order valence-corrected chi connectivity index (χ3v) is 1.66. The summed E-state index contributed by atoms with van der Waals surface area (Å²) in [6, 6.07) is 5.25. The van der Waals surface area contributed by atoms with Crippen LogP contribution < -0.4 is 10.1 Å². The van der Waals surface area contributed by atoms with Crippen molar-refractivity contribution < 1.29 is 27.4 Å². The van der Waals surface area contributed by atoms with Crippen LogP contribution in [0.3, 0.4) is 0 Å². The van der Waals surface area contributed by atoms with Crippen LogP contribution in [0.5, 0.6) is 5.75 Å². The zero-order chi connectivity index (χ0) is 12.9. The summed E-state index contributed by atoms with van der Waals surface area (Å²) >= 11 is 0. The van der Waals surface area contributed by atoms with E-state index < -0.39 is 18.0 Å². The first kappa shape index (κ1) is 13.3. The summed E-state index contributed by atoms with van der Waals surface area (Å²) in [7, 11) is 1.30. The van der Waals surface area contributed by atoms with Gasteiger partial charge in [-0.2, -0.15) is 0 Å². The largest absolute Gasteiger partial charge is 0.573 e. The number of benzene rings is 1. The van der Waals surface area contributed by atoms with Crippen LogP contribution in [-0.4, -0.2) is 26.0 Å². The van der Waals surface area contributed by atoms with Gasteiger partial charge in [0, 0.05) is 7.11 Å². The van der Waals surface area contributed by atoms with Crippen molar-refractivity contribution in [1.29, 1.82) is 0 Å². The Morgan fingerprint density at radius 1 is 1.35 bits per heavy atom. The molecule has 0 heterocycles. The maximum absolute atomic E-state index is 12.0. The number of alkyl halides is 3. The number of para-hydroxylation sites is 2. The zero-order valence-corrected chi connectivity index (χ0v) is 8.88. The maximum Gasteiger partial charge on any atom is 0.573 e. The van der Waals surface area contributed by atoms with Gasteiger partial charge in [-0.1, -0.05) is 12.1 Å². The Hall–Kier alpha value is -1.76. The van der Waals surface area contributed by atoms with E-state index in [9.17, 15) is 18.0 Å². The number of halogens is 3. The van der Waals surface area contributed by atoms with Crippen molar-refractivity contribution in [3.8, 4) is 5.75 Å². The lowest BCUT2D eigenvalue weighted by Crippen LogP contribution is -2.21. The molecular weight excluding hydrogens is 239 g/mol. The molecule has 0 unspecified atom stereocenters. The Labute approximate surface area is 95.3 Å². The van der Waals surface area contributed by atoms with Gasteiger partial charge < -0.3 is 14.8 Å². The number of carbonyl (C=O) groups excluding carboxylic acids is 1. The third kappa shape index (κ3) is 4.73. The molecule has 0 aliphatic rings. The highest BCUT2D eigenvalue weighted by Gasteiger charge is 2.32. The minimum atomic E-state index is -4.80. The second kappa shape index (κ2) is 5.53. The molecule has 0 aliphatic carbocycles. The van der Waals surface area contributed by atoms with Gasteiger partial charge in [-0.15, -0.1) is 13.2 Å². The molecular formula is C10H10F3NO3. The summed E-state index contributed by atoms with van der Waals surface area (Å²) in [5, 5.41) is 2.25. The zero-order valence-electron chi connectivity index (χ0n) is 8.88. The Bertz CT molecular complexity index is 393. The molecule has 0 saturated carbocycles. The quantitative estimate of drug-likeness (QED) is 0.889. The summed E-state index contributed by atoms with van der Waals surface area (Å²) in [6.07, 6.45) is -4.80. The molecule has 0 aliphatic heterocycles. The van der Waals surface area contributed by atoms with E-state index in [2.05, 4.69) is 14.8 Å². The van der Waals surface area contributed by atoms with Crippen LogP contribution in [0.2, 0.25) is 0 Å². The van der Waals surface area contributed by atoms with Crippen LogP contribution in [0.15, 0.2) is 24.3 Å². The van der Waals surface area contributed by atoms with Crippen LogP contribution >= 0.6 is 0 Å². The number of anilines is 1. The number of rotatable bonds is 4. The number of hydrogen-bond acceptors (Lipinski definition) is 3. The van der Waals surface area contributed by atoms with Crippen LogP contribution in [0.4, 0.5) is 18.9 Å². The fraction of sp³-hybridized carbons (Fsp3) is 0.300. The van der Waals surface area contributed by atoms with Gasteiger partial charge in [-0.25, -0.2) is 0 Å². The minimum absolute atomic E-state index is 0.0631. The van der Waals surface area contributed by atoms with Gasteiger partial charge in [0.05, 0.1) is 5.69 Å². The molecule has 0 aromatic heterocycles. The van der Waals surface area contributed by atoms with Gasteiger partial charge >= 0.3 is 6.36 Å². The maximum atomic E-state index is 12.0. The molecule has 94 valence electrons. The smallest absolute Gasteiger partial charge is 0.404 e. The second-order valence-corrected chi connectivity index (χ2v) is 3.03. The van der Waals surface area contributed by atoms with E-state index in [1.165, 1.54) is 25.3 Å². The summed E-state index contributed by atoms with van der Waals surface area (Å²) < 4.78 is 44.4. The van der Waals surface area contributed by atoms with Crippen LogP contribution in [0.1, 0.15) is 0 Å². The molecule has 0 atom stereocenters. The van der Waals surface area contributed by atoms with Crippen LogP contribution in [0, 0.1) is 0 Å². The predicted octanol–water partition coefficient (Wildman–Crippen LogP) is 2.17. The van der Waals surface area contributed by atoms with Crippen LogP contribution in [0.25, 0.3) is 0 Å². The summed E-state index contributed by atoms with van der Waals surface area (Å²) in [5.74, 6) is -1.03. The number of carbonyl (C=O) groups is 1. The standard InChI is InChI=1S/C10H10F3NO3/c1-16-6-9(15)14-7-4-2-3-5-8(7)17-10(11,12)13/h2-5H,6H2,1H3,(H,14,15). The van der Waals surface area contributed by atoms with Crippen LogP contribution in [-0.2, 0) is 9.53 Å². The minimum Gasteiger partial charge on any atom is -0.404 e. The van der Waals surface area contributed by atoms with Crippen molar-refractivity contribution >= 4 is 11.6 Å². The molecule has 1 N–H and O–H groups in total. The molecule has 0 fully saturated rings. The van der Waals surface area contributed by atoms with Gasteiger partial charge in [0.1, 0.15) is 6.61 Å². The first-order valence-electron chi connectivity index (χ1n) is 4.56. The molecule has 1 amide bonds. The molecule has 4 nitrogen and oxygen atoms in total. The number of ether oxygens (including phenoxy) is 2. The number of methoxy groups -OCH3 is 1. The SMILES string of the molecule is COCC(=O)Nc1ccccc1OC(F)(F)F. The fourth-order valence-electron chi connectivity index (χ4n) is 1.10. The highest BCUT2D eigenvalue weighted by Crippen LogP contribution is 2.29. The van der Waals surface area contributed by atoms with E-state index in [1.807, 2.05) is 0 Å². The van der Waals surface area contributed by atoms with Gasteiger partial charge in [0.2, 0.25) is 5.91 Å². The van der Waals surface area contributed by atoms with E-state index >= 15 is 0 Å². The molecule has 0 bridgehead atoms. The molecule has 0 saturated heterocycles. The number of amides is 1. The Kier molecular flexibility index (Phi) is 4.33. The molecule has 7 heteroatoms. The lowest BCUT2D eigenvalue weighted by atomic mass is 10.3. The van der Waals surface area contributed by atoms with Crippen molar-refractivity contribution in [3.63, 3.8) is 0 Å². The van der Waals surface area contributed by atoms with E-state index in [0.717, 1.165) is 6.07 Å². The molecule has 0 radical (unpaired) electrons. The number of nitrogens with one attached hydrogen (secondary N) is 1. The van der Waals surface area contributed by atoms with E-state index in [1.54, 1.807) is 0 Å². The summed E-state index contributed by atoms with van der Waals surface area (Å²) in [6.45, 7) is -0.250. The van der Waals surface area contributed by atoms with Crippen molar-refractivity contribution in [3.05, 3.63) is 24.3 Å². The van der Waals surface area contributed by atoms with Gasteiger partial charge in [0.15, 0.2) is 5.75 Å². The fourth-order valence-corrected chi connectivity index (χ4v) is 1.10.